The standard InChI is InChI=1S/C14H19NO5/c1-9-6-15(7-11(8-16)20-9)14(18)12-4-3-10(19-2)5-13(12)17/h3-5,9,11,16-17H,6-8H2,1-2H3. The van der Waals surface area contributed by atoms with Crippen molar-refractivity contribution in [2.75, 3.05) is 26.8 Å². The Kier molecular flexibility index (Phi) is 4.46. The summed E-state index contributed by atoms with van der Waals surface area (Å²) in [6, 6.07) is 4.56. The third-order valence-electron chi connectivity index (χ3n) is 3.25. The first-order valence-electron chi connectivity index (χ1n) is 6.47. The van der Waals surface area contributed by atoms with Gasteiger partial charge in [-0.3, -0.25) is 4.79 Å². The van der Waals surface area contributed by atoms with Crippen molar-refractivity contribution in [2.45, 2.75) is 19.1 Å². The van der Waals surface area contributed by atoms with Crippen molar-refractivity contribution in [3.05, 3.63) is 23.8 Å². The molecule has 1 aliphatic rings. The Morgan fingerprint density at radius 1 is 1.50 bits per heavy atom. The van der Waals surface area contributed by atoms with Crippen molar-refractivity contribution in [1.29, 1.82) is 0 Å². The minimum atomic E-state index is -0.386. The Hall–Kier alpha value is -1.79. The highest BCUT2D eigenvalue weighted by Gasteiger charge is 2.29. The number of nitrogens with zero attached hydrogens (tertiary/aromatic N) is 1. The smallest absolute Gasteiger partial charge is 0.257 e. The first-order valence-corrected chi connectivity index (χ1v) is 6.47. The summed E-state index contributed by atoms with van der Waals surface area (Å²) < 4.78 is 10.5. The van der Waals surface area contributed by atoms with Crippen LogP contribution >= 0.6 is 0 Å². The number of carbonyl (C=O) groups excluding carboxylic acids is 1. The number of aliphatic hydroxyl groups is 1. The van der Waals surface area contributed by atoms with E-state index in [1.807, 2.05) is 6.92 Å². The molecule has 0 spiro atoms. The molecule has 0 saturated carbocycles. The van der Waals surface area contributed by atoms with Crippen LogP contribution in [0.15, 0.2) is 18.2 Å². The van der Waals surface area contributed by atoms with Crippen LogP contribution in [0.2, 0.25) is 0 Å². The average molecular weight is 281 g/mol. The number of ether oxygens (including phenoxy) is 2. The van der Waals surface area contributed by atoms with E-state index in [0.717, 1.165) is 0 Å². The number of amides is 1. The van der Waals surface area contributed by atoms with Gasteiger partial charge in [-0.25, -0.2) is 0 Å². The molecule has 0 bridgehead atoms. The lowest BCUT2D eigenvalue weighted by Crippen LogP contribution is -2.50. The summed E-state index contributed by atoms with van der Waals surface area (Å²) in [4.78, 5) is 14.0. The Morgan fingerprint density at radius 3 is 2.85 bits per heavy atom. The van der Waals surface area contributed by atoms with Crippen LogP contribution in [-0.2, 0) is 4.74 Å². The highest BCUT2D eigenvalue weighted by atomic mass is 16.5. The lowest BCUT2D eigenvalue weighted by atomic mass is 10.1. The maximum atomic E-state index is 12.4. The molecule has 6 heteroatoms. The third-order valence-corrected chi connectivity index (χ3v) is 3.25. The monoisotopic (exact) mass is 281 g/mol. The third kappa shape index (κ3) is 3.02. The number of hydrogen-bond acceptors (Lipinski definition) is 5. The molecule has 0 aliphatic carbocycles. The van der Waals surface area contributed by atoms with Crippen molar-refractivity contribution in [2.24, 2.45) is 0 Å². The first kappa shape index (κ1) is 14.6. The highest BCUT2D eigenvalue weighted by molar-refractivity contribution is 5.97. The molecule has 20 heavy (non-hydrogen) atoms. The molecule has 0 aromatic heterocycles. The van der Waals surface area contributed by atoms with Crippen LogP contribution in [0.5, 0.6) is 11.5 Å². The van der Waals surface area contributed by atoms with Crippen LogP contribution in [0.3, 0.4) is 0 Å². The second-order valence-electron chi connectivity index (χ2n) is 4.84. The molecular formula is C14H19NO5. The SMILES string of the molecule is COc1ccc(C(=O)N2CC(C)OC(CO)C2)c(O)c1. The second-order valence-corrected chi connectivity index (χ2v) is 4.84. The van der Waals surface area contributed by atoms with Crippen LogP contribution < -0.4 is 4.74 Å². The normalized spacial score (nSPS) is 22.6. The van der Waals surface area contributed by atoms with Crippen LogP contribution in [-0.4, -0.2) is 60.0 Å². The molecule has 1 aliphatic heterocycles. The lowest BCUT2D eigenvalue weighted by Gasteiger charge is -2.36. The zero-order valence-corrected chi connectivity index (χ0v) is 11.6. The predicted molar refractivity (Wildman–Crippen MR) is 72.0 cm³/mol. The Morgan fingerprint density at radius 2 is 2.25 bits per heavy atom. The molecule has 1 aromatic carbocycles. The number of carbonyl (C=O) groups is 1. The number of methoxy groups -OCH3 is 1. The molecule has 2 N–H and O–H groups in total. The number of phenols is 1. The number of hydrogen-bond donors (Lipinski definition) is 2. The van der Waals surface area contributed by atoms with E-state index in [1.165, 1.54) is 19.2 Å². The van der Waals surface area contributed by atoms with Crippen molar-refractivity contribution in [3.8, 4) is 11.5 Å². The van der Waals surface area contributed by atoms with Gasteiger partial charge in [0.15, 0.2) is 0 Å². The predicted octanol–water partition coefficient (Wildman–Crippen LogP) is 0.623. The number of aliphatic hydroxyl groups excluding tert-OH is 1. The van der Waals surface area contributed by atoms with Gasteiger partial charge in [-0.05, 0) is 19.1 Å². The molecule has 1 aromatic rings. The highest BCUT2D eigenvalue weighted by Crippen LogP contribution is 2.25. The molecule has 6 nitrogen and oxygen atoms in total. The largest absolute Gasteiger partial charge is 0.507 e. The van der Waals surface area contributed by atoms with Gasteiger partial charge in [0.1, 0.15) is 11.5 Å². The van der Waals surface area contributed by atoms with Crippen molar-refractivity contribution < 1.29 is 24.5 Å². The summed E-state index contributed by atoms with van der Waals surface area (Å²) >= 11 is 0. The number of rotatable bonds is 3. The average Bonchev–Trinajstić information content (AvgIpc) is 2.45. The summed E-state index contributed by atoms with van der Waals surface area (Å²) in [5.41, 5.74) is 0.219. The second kappa shape index (κ2) is 6.11. The van der Waals surface area contributed by atoms with Crippen molar-refractivity contribution in [1.82, 2.24) is 4.90 Å². The minimum absolute atomic E-state index is 0.117. The number of benzene rings is 1. The number of morpholine rings is 1. The van der Waals surface area contributed by atoms with Crippen molar-refractivity contribution in [3.63, 3.8) is 0 Å². The number of aromatic hydroxyl groups is 1. The maximum Gasteiger partial charge on any atom is 0.257 e. The van der Waals surface area contributed by atoms with Crippen LogP contribution in [0, 0.1) is 0 Å². The van der Waals surface area contributed by atoms with E-state index in [0.29, 0.717) is 18.8 Å². The summed E-state index contributed by atoms with van der Waals surface area (Å²) in [7, 11) is 1.49. The molecule has 1 heterocycles. The molecule has 1 fully saturated rings. The molecule has 2 rings (SSSR count). The fourth-order valence-electron chi connectivity index (χ4n) is 2.30. The van der Waals surface area contributed by atoms with Crippen LogP contribution in [0.4, 0.5) is 0 Å². The van der Waals surface area contributed by atoms with Crippen molar-refractivity contribution >= 4 is 5.91 Å². The van der Waals surface area contributed by atoms with Gasteiger partial charge < -0.3 is 24.6 Å². The zero-order chi connectivity index (χ0) is 14.7. The Labute approximate surface area is 117 Å². The van der Waals surface area contributed by atoms with Gasteiger partial charge in [0.2, 0.25) is 0 Å². The van der Waals surface area contributed by atoms with E-state index < -0.39 is 0 Å². The van der Waals surface area contributed by atoms with E-state index >= 15 is 0 Å². The summed E-state index contributed by atoms with van der Waals surface area (Å²) in [5.74, 6) is 0.0930. The van der Waals surface area contributed by atoms with Gasteiger partial charge in [-0.15, -0.1) is 0 Å². The Bertz CT molecular complexity index is 490. The van der Waals surface area contributed by atoms with Gasteiger partial charge in [-0.1, -0.05) is 0 Å². The number of phenolic OH excluding ortho intramolecular Hbond substituents is 1. The van der Waals surface area contributed by atoms with E-state index in [1.54, 1.807) is 11.0 Å². The fraction of sp³-hybridized carbons (Fsp3) is 0.500. The summed E-state index contributed by atoms with van der Waals surface area (Å²) in [5, 5.41) is 19.1. The molecule has 110 valence electrons. The van der Waals surface area contributed by atoms with E-state index in [9.17, 15) is 15.0 Å². The van der Waals surface area contributed by atoms with E-state index in [-0.39, 0.29) is 36.0 Å². The molecule has 1 amide bonds. The quantitative estimate of drug-likeness (QED) is 0.849. The van der Waals surface area contributed by atoms with Gasteiger partial charge in [0, 0.05) is 19.2 Å². The van der Waals surface area contributed by atoms with Gasteiger partial charge in [0.05, 0.1) is 31.5 Å². The van der Waals surface area contributed by atoms with E-state index in [4.69, 9.17) is 9.47 Å². The fourth-order valence-corrected chi connectivity index (χ4v) is 2.30. The van der Waals surface area contributed by atoms with Gasteiger partial charge in [0.25, 0.3) is 5.91 Å². The first-order chi connectivity index (χ1) is 9.55. The molecule has 2 atom stereocenters. The molecular weight excluding hydrogens is 262 g/mol. The lowest BCUT2D eigenvalue weighted by molar-refractivity contribution is -0.0859. The Balaban J connectivity index is 2.18. The zero-order valence-electron chi connectivity index (χ0n) is 11.6. The van der Waals surface area contributed by atoms with Crippen LogP contribution in [0.1, 0.15) is 17.3 Å². The molecule has 1 saturated heterocycles. The minimum Gasteiger partial charge on any atom is -0.507 e. The summed E-state index contributed by atoms with van der Waals surface area (Å²) in [6.45, 7) is 2.45. The molecule has 0 radical (unpaired) electrons. The topological polar surface area (TPSA) is 79.2 Å². The van der Waals surface area contributed by atoms with Crippen LogP contribution in [0.25, 0.3) is 0 Å². The van der Waals surface area contributed by atoms with Gasteiger partial charge >= 0.3 is 0 Å². The molecule has 2 unspecified atom stereocenters. The summed E-state index contributed by atoms with van der Waals surface area (Å²) in [6.07, 6.45) is -0.534. The van der Waals surface area contributed by atoms with Gasteiger partial charge in [-0.2, -0.15) is 0 Å². The maximum absolute atomic E-state index is 12.4. The van der Waals surface area contributed by atoms with E-state index in [2.05, 4.69) is 0 Å².